The molecule has 0 spiro atoms. The average Bonchev–Trinajstić information content (AvgIpc) is 2.53. The van der Waals surface area contributed by atoms with Gasteiger partial charge in [0.1, 0.15) is 0 Å². The zero-order valence-electron chi connectivity index (χ0n) is 12.5. The molecular weight excluding hydrogens is 232 g/mol. The van der Waals surface area contributed by atoms with Gasteiger partial charge in [-0.05, 0) is 37.7 Å². The molecule has 1 N–H and O–H groups in total. The maximum atomic E-state index is 10.9. The van der Waals surface area contributed by atoms with Crippen LogP contribution in [0, 0.1) is 12.8 Å². The van der Waals surface area contributed by atoms with E-state index in [0.717, 1.165) is 25.2 Å². The molecule has 0 radical (unpaired) electrons. The topological polar surface area (TPSA) is 20.2 Å². The molecule has 1 aromatic carbocycles. The van der Waals surface area contributed by atoms with E-state index >= 15 is 0 Å². The van der Waals surface area contributed by atoms with Gasteiger partial charge < -0.3 is 5.11 Å². The minimum atomic E-state index is -0.462. The van der Waals surface area contributed by atoms with E-state index in [9.17, 15) is 5.11 Å². The lowest BCUT2D eigenvalue weighted by molar-refractivity contribution is 0.0241. The molecule has 1 saturated carbocycles. The first-order chi connectivity index (χ1) is 9.11. The summed E-state index contributed by atoms with van der Waals surface area (Å²) in [7, 11) is 0. The summed E-state index contributed by atoms with van der Waals surface area (Å²) >= 11 is 0. The molecule has 0 aromatic heterocycles. The number of rotatable bonds is 4. The van der Waals surface area contributed by atoms with Crippen LogP contribution in [0.15, 0.2) is 24.3 Å². The summed E-state index contributed by atoms with van der Waals surface area (Å²) in [6.45, 7) is 4.39. The fourth-order valence-corrected chi connectivity index (χ4v) is 3.54. The van der Waals surface area contributed by atoms with E-state index in [-0.39, 0.29) is 0 Å². The van der Waals surface area contributed by atoms with E-state index in [1.807, 2.05) is 0 Å². The third-order valence-electron chi connectivity index (χ3n) is 4.59. The van der Waals surface area contributed by atoms with E-state index in [1.165, 1.54) is 43.2 Å². The van der Waals surface area contributed by atoms with E-state index in [2.05, 4.69) is 38.1 Å². The predicted molar refractivity (Wildman–Crippen MR) is 81.3 cm³/mol. The van der Waals surface area contributed by atoms with Crippen molar-refractivity contribution in [1.29, 1.82) is 0 Å². The van der Waals surface area contributed by atoms with Crippen LogP contribution in [-0.2, 0) is 6.42 Å². The predicted octanol–water partition coefficient (Wildman–Crippen LogP) is 4.65. The minimum absolute atomic E-state index is 0.462. The number of hydrogen-bond donors (Lipinski definition) is 1. The second kappa shape index (κ2) is 6.56. The van der Waals surface area contributed by atoms with Gasteiger partial charge in [-0.3, -0.25) is 0 Å². The maximum Gasteiger partial charge on any atom is 0.0688 e. The number of aliphatic hydroxyl groups is 1. The van der Waals surface area contributed by atoms with Crippen LogP contribution in [0.4, 0.5) is 0 Å². The van der Waals surface area contributed by atoms with E-state index in [1.54, 1.807) is 0 Å². The number of benzene rings is 1. The van der Waals surface area contributed by atoms with E-state index in [4.69, 9.17) is 0 Å². The highest BCUT2D eigenvalue weighted by molar-refractivity contribution is 5.23. The van der Waals surface area contributed by atoms with Crippen LogP contribution < -0.4 is 0 Å². The van der Waals surface area contributed by atoms with Crippen LogP contribution >= 0.6 is 0 Å². The van der Waals surface area contributed by atoms with Crippen molar-refractivity contribution in [3.05, 3.63) is 35.4 Å². The van der Waals surface area contributed by atoms with Gasteiger partial charge in [0.2, 0.25) is 0 Å². The molecule has 0 aliphatic heterocycles. The van der Waals surface area contributed by atoms with Crippen LogP contribution in [0.2, 0.25) is 0 Å². The van der Waals surface area contributed by atoms with Gasteiger partial charge >= 0.3 is 0 Å². The molecule has 1 aliphatic rings. The van der Waals surface area contributed by atoms with Crippen LogP contribution in [-0.4, -0.2) is 10.7 Å². The Bertz CT molecular complexity index is 398. The highest BCUT2D eigenvalue weighted by atomic mass is 16.3. The molecule has 106 valence electrons. The Balaban J connectivity index is 1.98. The van der Waals surface area contributed by atoms with Gasteiger partial charge in [0, 0.05) is 6.42 Å². The van der Waals surface area contributed by atoms with Gasteiger partial charge in [0.05, 0.1) is 5.60 Å². The van der Waals surface area contributed by atoms with Crippen LogP contribution in [0.1, 0.15) is 63.0 Å². The molecule has 19 heavy (non-hydrogen) atoms. The highest BCUT2D eigenvalue weighted by Crippen LogP contribution is 2.34. The fourth-order valence-electron chi connectivity index (χ4n) is 3.54. The van der Waals surface area contributed by atoms with Crippen molar-refractivity contribution in [2.45, 2.75) is 70.8 Å². The van der Waals surface area contributed by atoms with Gasteiger partial charge in [-0.2, -0.15) is 0 Å². The normalized spacial score (nSPS) is 28.1. The van der Waals surface area contributed by atoms with Crippen molar-refractivity contribution in [3.8, 4) is 0 Å². The molecule has 2 atom stereocenters. The smallest absolute Gasteiger partial charge is 0.0688 e. The molecule has 0 amide bonds. The van der Waals surface area contributed by atoms with Crippen LogP contribution in [0.5, 0.6) is 0 Å². The standard InChI is InChI=1S/C18H28O/c1-3-6-16-9-5-11-18(19,12-10-16)14-17-8-4-7-15(2)13-17/h4,7-8,13,16,19H,3,5-6,9-12,14H2,1-2H3. The number of aryl methyl sites for hydroxylation is 1. The zero-order valence-corrected chi connectivity index (χ0v) is 12.5. The lowest BCUT2D eigenvalue weighted by Crippen LogP contribution is -2.30. The molecule has 0 heterocycles. The number of hydrogen-bond acceptors (Lipinski definition) is 1. The van der Waals surface area contributed by atoms with E-state index in [0.29, 0.717) is 0 Å². The minimum Gasteiger partial charge on any atom is -0.390 e. The molecule has 0 saturated heterocycles. The van der Waals surface area contributed by atoms with Gasteiger partial charge in [-0.15, -0.1) is 0 Å². The average molecular weight is 260 g/mol. The molecule has 1 aliphatic carbocycles. The first-order valence-electron chi connectivity index (χ1n) is 7.89. The Morgan fingerprint density at radius 2 is 2.11 bits per heavy atom. The third kappa shape index (κ3) is 4.35. The van der Waals surface area contributed by atoms with Gasteiger partial charge in [0.15, 0.2) is 0 Å². The highest BCUT2D eigenvalue weighted by Gasteiger charge is 2.30. The summed E-state index contributed by atoms with van der Waals surface area (Å²) in [6, 6.07) is 8.59. The van der Waals surface area contributed by atoms with Crippen LogP contribution in [0.3, 0.4) is 0 Å². The summed E-state index contributed by atoms with van der Waals surface area (Å²) in [5.74, 6) is 0.844. The van der Waals surface area contributed by atoms with E-state index < -0.39 is 5.60 Å². The van der Waals surface area contributed by atoms with Crippen molar-refractivity contribution in [2.24, 2.45) is 5.92 Å². The first-order valence-corrected chi connectivity index (χ1v) is 7.89. The Kier molecular flexibility index (Phi) is 5.04. The molecular formula is C18H28O. The van der Waals surface area contributed by atoms with Crippen LogP contribution in [0.25, 0.3) is 0 Å². The molecule has 1 heteroatoms. The van der Waals surface area contributed by atoms with Gasteiger partial charge in [0.25, 0.3) is 0 Å². The van der Waals surface area contributed by atoms with Crippen molar-refractivity contribution in [1.82, 2.24) is 0 Å². The molecule has 1 fully saturated rings. The molecule has 1 aromatic rings. The first kappa shape index (κ1) is 14.6. The van der Waals surface area contributed by atoms with Gasteiger partial charge in [-0.1, -0.05) is 62.4 Å². The Hall–Kier alpha value is -0.820. The summed E-state index contributed by atoms with van der Waals surface area (Å²) in [5.41, 5.74) is 2.12. The fraction of sp³-hybridized carbons (Fsp3) is 0.667. The second-order valence-corrected chi connectivity index (χ2v) is 6.48. The zero-order chi connectivity index (χ0) is 13.7. The molecule has 2 rings (SSSR count). The molecule has 2 unspecified atom stereocenters. The molecule has 1 nitrogen and oxygen atoms in total. The monoisotopic (exact) mass is 260 g/mol. The van der Waals surface area contributed by atoms with Crippen molar-refractivity contribution in [2.75, 3.05) is 0 Å². The summed E-state index contributed by atoms with van der Waals surface area (Å²) in [5, 5.41) is 10.9. The summed E-state index contributed by atoms with van der Waals surface area (Å²) in [6.07, 6.45) is 9.09. The Labute approximate surface area is 118 Å². The SMILES string of the molecule is CCCC1CCCC(O)(Cc2cccc(C)c2)CC1. The summed E-state index contributed by atoms with van der Waals surface area (Å²) < 4.78 is 0. The lowest BCUT2D eigenvalue weighted by atomic mass is 9.86. The summed E-state index contributed by atoms with van der Waals surface area (Å²) in [4.78, 5) is 0. The quantitative estimate of drug-likeness (QED) is 0.781. The Morgan fingerprint density at radius 1 is 1.26 bits per heavy atom. The maximum absolute atomic E-state index is 10.9. The second-order valence-electron chi connectivity index (χ2n) is 6.48. The van der Waals surface area contributed by atoms with Gasteiger partial charge in [-0.25, -0.2) is 0 Å². The third-order valence-corrected chi connectivity index (χ3v) is 4.59. The van der Waals surface area contributed by atoms with Crippen molar-refractivity contribution >= 4 is 0 Å². The Morgan fingerprint density at radius 3 is 2.84 bits per heavy atom. The largest absolute Gasteiger partial charge is 0.390 e. The van der Waals surface area contributed by atoms with Crippen molar-refractivity contribution in [3.63, 3.8) is 0 Å². The molecule has 0 bridgehead atoms. The lowest BCUT2D eigenvalue weighted by Gasteiger charge is -2.27. The van der Waals surface area contributed by atoms with Crippen molar-refractivity contribution < 1.29 is 5.11 Å².